The van der Waals surface area contributed by atoms with Crippen molar-refractivity contribution in [1.29, 1.82) is 0 Å². The molecule has 14 heavy (non-hydrogen) atoms. The zero-order valence-corrected chi connectivity index (χ0v) is 7.80. The fraction of sp³-hybridized carbons (Fsp3) is 0.222. The molecular weight excluding hydrogens is 185 g/mol. The minimum Gasteiger partial charge on any atom is -0.397 e. The monoisotopic (exact) mass is 197 g/mol. The molecule has 0 saturated heterocycles. The molecule has 0 heterocycles. The van der Waals surface area contributed by atoms with Crippen LogP contribution in [-0.2, 0) is 0 Å². The Morgan fingerprint density at radius 3 is 2.93 bits per heavy atom. The highest BCUT2D eigenvalue weighted by Crippen LogP contribution is 2.18. The van der Waals surface area contributed by atoms with Crippen LogP contribution in [0, 0.1) is 5.82 Å². The second kappa shape index (κ2) is 4.45. The molecule has 0 fully saturated rings. The van der Waals surface area contributed by atoms with Gasteiger partial charge in [0.15, 0.2) is 0 Å². The summed E-state index contributed by atoms with van der Waals surface area (Å²) in [6.45, 7) is 2.29. The fourth-order valence-electron chi connectivity index (χ4n) is 0.964. The molecule has 4 nitrogen and oxygen atoms in total. The summed E-state index contributed by atoms with van der Waals surface area (Å²) < 4.78 is 12.8. The highest BCUT2D eigenvalue weighted by atomic mass is 19.1. The lowest BCUT2D eigenvalue weighted by Crippen LogP contribution is -2.28. The maximum Gasteiger partial charge on any atom is 0.319 e. The molecule has 1 rings (SSSR count). The Hall–Kier alpha value is -1.78. The average Bonchev–Trinajstić information content (AvgIpc) is 2.12. The van der Waals surface area contributed by atoms with E-state index in [1.54, 1.807) is 6.92 Å². The Balaban J connectivity index is 2.75. The fourth-order valence-corrected chi connectivity index (χ4v) is 0.964. The quantitative estimate of drug-likeness (QED) is 0.629. The van der Waals surface area contributed by atoms with Gasteiger partial charge in [-0.25, -0.2) is 9.18 Å². The Morgan fingerprint density at radius 1 is 1.57 bits per heavy atom. The number of halogens is 1. The van der Waals surface area contributed by atoms with Crippen LogP contribution in [0.4, 0.5) is 20.6 Å². The van der Waals surface area contributed by atoms with Crippen LogP contribution < -0.4 is 16.4 Å². The number of hydrogen-bond acceptors (Lipinski definition) is 2. The van der Waals surface area contributed by atoms with E-state index in [0.717, 1.165) is 0 Å². The standard InChI is InChI=1S/C9H12FN3O/c1-2-12-9(14)13-8-5-6(10)3-4-7(8)11/h3-5H,2,11H2,1H3,(H2,12,13,14). The van der Waals surface area contributed by atoms with Gasteiger partial charge >= 0.3 is 6.03 Å². The number of nitrogens with two attached hydrogens (primary N) is 1. The van der Waals surface area contributed by atoms with Crippen LogP contribution >= 0.6 is 0 Å². The highest BCUT2D eigenvalue weighted by Gasteiger charge is 2.04. The van der Waals surface area contributed by atoms with Gasteiger partial charge in [-0.1, -0.05) is 0 Å². The number of anilines is 2. The number of benzene rings is 1. The molecule has 2 amide bonds. The second-order valence-electron chi connectivity index (χ2n) is 2.72. The van der Waals surface area contributed by atoms with Gasteiger partial charge in [0.2, 0.25) is 0 Å². The number of amides is 2. The summed E-state index contributed by atoms with van der Waals surface area (Å²) >= 11 is 0. The lowest BCUT2D eigenvalue weighted by molar-refractivity contribution is 0.252. The van der Waals surface area contributed by atoms with Gasteiger partial charge in [-0.3, -0.25) is 0 Å². The molecule has 0 aliphatic heterocycles. The summed E-state index contributed by atoms with van der Waals surface area (Å²) in [6.07, 6.45) is 0. The molecule has 0 atom stereocenters. The van der Waals surface area contributed by atoms with Gasteiger partial charge in [0, 0.05) is 6.54 Å². The topological polar surface area (TPSA) is 67.2 Å². The van der Waals surface area contributed by atoms with Crippen LogP contribution in [0.2, 0.25) is 0 Å². The van der Waals surface area contributed by atoms with Crippen LogP contribution in [0.1, 0.15) is 6.92 Å². The number of rotatable bonds is 2. The molecule has 4 N–H and O–H groups in total. The lowest BCUT2D eigenvalue weighted by atomic mass is 10.2. The number of carbonyl (C=O) groups excluding carboxylic acids is 1. The number of urea groups is 1. The van der Waals surface area contributed by atoms with Gasteiger partial charge in [0.25, 0.3) is 0 Å². The van der Waals surface area contributed by atoms with E-state index in [0.29, 0.717) is 12.2 Å². The number of carbonyl (C=O) groups is 1. The zero-order valence-electron chi connectivity index (χ0n) is 7.80. The van der Waals surface area contributed by atoms with Crippen molar-refractivity contribution in [2.45, 2.75) is 6.92 Å². The van der Waals surface area contributed by atoms with E-state index < -0.39 is 11.8 Å². The first-order valence-corrected chi connectivity index (χ1v) is 4.23. The van der Waals surface area contributed by atoms with Crippen molar-refractivity contribution in [2.75, 3.05) is 17.6 Å². The van der Waals surface area contributed by atoms with Crippen molar-refractivity contribution in [3.05, 3.63) is 24.0 Å². The molecule has 76 valence electrons. The number of hydrogen-bond donors (Lipinski definition) is 3. The molecule has 1 aromatic carbocycles. The number of nitrogen functional groups attached to an aromatic ring is 1. The van der Waals surface area contributed by atoms with E-state index in [4.69, 9.17) is 5.73 Å². The molecule has 0 radical (unpaired) electrons. The summed E-state index contributed by atoms with van der Waals surface area (Å²) in [5, 5.41) is 4.95. The van der Waals surface area contributed by atoms with E-state index >= 15 is 0 Å². The molecule has 1 aromatic rings. The second-order valence-corrected chi connectivity index (χ2v) is 2.72. The lowest BCUT2D eigenvalue weighted by Gasteiger charge is -2.08. The average molecular weight is 197 g/mol. The normalized spacial score (nSPS) is 9.57. The summed E-state index contributed by atoms with van der Waals surface area (Å²) in [6, 6.07) is 3.41. The van der Waals surface area contributed by atoms with Crippen molar-refractivity contribution < 1.29 is 9.18 Å². The molecule has 0 aliphatic carbocycles. The van der Waals surface area contributed by atoms with E-state index in [1.165, 1.54) is 18.2 Å². The van der Waals surface area contributed by atoms with Crippen molar-refractivity contribution in [3.63, 3.8) is 0 Å². The SMILES string of the molecule is CCNC(=O)Nc1cc(F)ccc1N. The van der Waals surface area contributed by atoms with Crippen LogP contribution in [0.25, 0.3) is 0 Å². The molecule has 0 aliphatic rings. The molecule has 0 aromatic heterocycles. The molecule has 0 spiro atoms. The van der Waals surface area contributed by atoms with Gasteiger partial charge in [-0.15, -0.1) is 0 Å². The summed E-state index contributed by atoms with van der Waals surface area (Å²) in [5.41, 5.74) is 6.13. The number of nitrogens with one attached hydrogen (secondary N) is 2. The smallest absolute Gasteiger partial charge is 0.319 e. The molecular formula is C9H12FN3O. The largest absolute Gasteiger partial charge is 0.397 e. The first kappa shape index (κ1) is 10.3. The molecule has 0 bridgehead atoms. The van der Waals surface area contributed by atoms with Gasteiger partial charge in [0.05, 0.1) is 11.4 Å². The van der Waals surface area contributed by atoms with Gasteiger partial charge in [-0.05, 0) is 25.1 Å². The van der Waals surface area contributed by atoms with Crippen LogP contribution in [0.5, 0.6) is 0 Å². The van der Waals surface area contributed by atoms with E-state index in [9.17, 15) is 9.18 Å². The minimum absolute atomic E-state index is 0.274. The zero-order chi connectivity index (χ0) is 10.6. The van der Waals surface area contributed by atoms with Crippen molar-refractivity contribution in [1.82, 2.24) is 5.32 Å². The van der Waals surface area contributed by atoms with E-state index in [-0.39, 0.29) is 5.69 Å². The predicted molar refractivity (Wildman–Crippen MR) is 53.5 cm³/mol. The molecule has 0 unspecified atom stereocenters. The van der Waals surface area contributed by atoms with Crippen LogP contribution in [-0.4, -0.2) is 12.6 Å². The van der Waals surface area contributed by atoms with E-state index in [1.807, 2.05) is 0 Å². The van der Waals surface area contributed by atoms with Crippen molar-refractivity contribution in [3.8, 4) is 0 Å². The molecule has 5 heteroatoms. The maximum atomic E-state index is 12.8. The summed E-state index contributed by atoms with van der Waals surface area (Å²) in [5.74, 6) is -0.439. The van der Waals surface area contributed by atoms with Crippen LogP contribution in [0.3, 0.4) is 0 Å². The third-order valence-electron chi connectivity index (χ3n) is 1.60. The molecule has 0 saturated carbocycles. The Bertz CT molecular complexity index is 341. The highest BCUT2D eigenvalue weighted by molar-refractivity contribution is 5.92. The summed E-state index contributed by atoms with van der Waals surface area (Å²) in [4.78, 5) is 11.1. The minimum atomic E-state index is -0.439. The van der Waals surface area contributed by atoms with Crippen LogP contribution in [0.15, 0.2) is 18.2 Å². The predicted octanol–water partition coefficient (Wildman–Crippen LogP) is 1.55. The van der Waals surface area contributed by atoms with Gasteiger partial charge < -0.3 is 16.4 Å². The van der Waals surface area contributed by atoms with Gasteiger partial charge in [-0.2, -0.15) is 0 Å². The first-order valence-electron chi connectivity index (χ1n) is 4.23. The van der Waals surface area contributed by atoms with Gasteiger partial charge in [0.1, 0.15) is 5.82 Å². The Kier molecular flexibility index (Phi) is 3.28. The van der Waals surface area contributed by atoms with Crippen molar-refractivity contribution >= 4 is 17.4 Å². The Morgan fingerprint density at radius 2 is 2.29 bits per heavy atom. The Labute approximate surface area is 81.3 Å². The summed E-state index contributed by atoms with van der Waals surface area (Å²) in [7, 11) is 0. The first-order chi connectivity index (χ1) is 6.63. The maximum absolute atomic E-state index is 12.8. The van der Waals surface area contributed by atoms with Crippen molar-refractivity contribution in [2.24, 2.45) is 0 Å². The third kappa shape index (κ3) is 2.62. The van der Waals surface area contributed by atoms with E-state index in [2.05, 4.69) is 10.6 Å². The third-order valence-corrected chi connectivity index (χ3v) is 1.60.